The zero-order chi connectivity index (χ0) is 43.3. The molecule has 16 nitrogen and oxygen atoms in total. The summed E-state index contributed by atoms with van der Waals surface area (Å²) < 4.78 is 76.0. The number of nitrogens with one attached hydrogen (secondary N) is 4. The molecule has 8 atom stereocenters. The smallest absolute Gasteiger partial charge is 0.458 e. The summed E-state index contributed by atoms with van der Waals surface area (Å²) in [6, 6.07) is -2.15. The van der Waals surface area contributed by atoms with Crippen LogP contribution in [0.15, 0.2) is 42.5 Å². The summed E-state index contributed by atoms with van der Waals surface area (Å²) in [7, 11) is 1.43. The Kier molecular flexibility index (Phi) is 14.0. The number of alkyl halides is 3. The molecule has 0 aromatic heterocycles. The Morgan fingerprint density at radius 3 is 2.12 bits per heavy atom. The number of anilines is 1. The Balaban J connectivity index is 1.46. The number of hydrogen-bond acceptors (Lipinski definition) is 10. The molecule has 3 aliphatic rings. The lowest BCUT2D eigenvalue weighted by molar-refractivity contribution is -0.274. The van der Waals surface area contributed by atoms with Crippen LogP contribution in [-0.4, -0.2) is 131 Å². The summed E-state index contributed by atoms with van der Waals surface area (Å²) in [5.74, 6) is -6.52. The number of likely N-dealkylation sites (N-methyl/N-ethyl adjacent to an activating group) is 1. The average Bonchev–Trinajstić information content (AvgIpc) is 3.86. The fourth-order valence-electron chi connectivity index (χ4n) is 7.31. The first-order valence-electron chi connectivity index (χ1n) is 18.9. The third kappa shape index (κ3) is 11.1. The summed E-state index contributed by atoms with van der Waals surface area (Å²) in [6.07, 6.45) is -7.16. The first kappa shape index (κ1) is 44.5. The van der Waals surface area contributed by atoms with E-state index in [9.17, 15) is 55.8 Å². The monoisotopic (exact) mass is 839 g/mol. The molecule has 2 aromatic rings. The number of esters is 1. The molecule has 3 heterocycles. The molecule has 5 N–H and O–H groups in total. The Morgan fingerprint density at radius 1 is 0.915 bits per heavy atom. The summed E-state index contributed by atoms with van der Waals surface area (Å²) in [4.78, 5) is 86.7. The number of urea groups is 1. The molecule has 3 aliphatic heterocycles. The van der Waals surface area contributed by atoms with Crippen LogP contribution in [0.25, 0.3) is 0 Å². The van der Waals surface area contributed by atoms with Crippen molar-refractivity contribution < 1.29 is 65.3 Å². The van der Waals surface area contributed by atoms with Gasteiger partial charge in [-0.25, -0.2) is 18.4 Å². The summed E-state index contributed by atoms with van der Waals surface area (Å²) >= 11 is 0. The molecular weight excluding hydrogens is 793 g/mol. The Hall–Kier alpha value is -5.57. The zero-order valence-electron chi connectivity index (χ0n) is 32.6. The van der Waals surface area contributed by atoms with Crippen LogP contribution in [0.2, 0.25) is 0 Å². The van der Waals surface area contributed by atoms with Crippen molar-refractivity contribution in [2.75, 3.05) is 25.5 Å². The topological polar surface area (TPSA) is 199 Å². The van der Waals surface area contributed by atoms with Crippen LogP contribution in [0.4, 0.5) is 32.4 Å². The second-order valence-electron chi connectivity index (χ2n) is 14.7. The number of carbonyl (C=O) groups excluding carboxylic acids is 6. The molecule has 0 aliphatic carbocycles. The number of cyclic esters (lactones) is 1. The zero-order valence-corrected chi connectivity index (χ0v) is 32.6. The van der Waals surface area contributed by atoms with E-state index >= 15 is 0 Å². The molecule has 6 amide bonds. The minimum Gasteiger partial charge on any atom is -0.458 e. The van der Waals surface area contributed by atoms with Gasteiger partial charge in [-0.15, -0.1) is 13.2 Å². The summed E-state index contributed by atoms with van der Waals surface area (Å²) in [5, 5.41) is 21.0. The minimum absolute atomic E-state index is 0.0395. The average molecular weight is 840 g/mol. The van der Waals surface area contributed by atoms with Crippen molar-refractivity contribution in [3.63, 3.8) is 0 Å². The van der Waals surface area contributed by atoms with E-state index in [1.54, 1.807) is 6.92 Å². The van der Waals surface area contributed by atoms with Gasteiger partial charge in [0.15, 0.2) is 0 Å². The number of carbonyl (C=O) groups is 6. The predicted molar refractivity (Wildman–Crippen MR) is 197 cm³/mol. The van der Waals surface area contributed by atoms with Gasteiger partial charge in [0.05, 0.1) is 12.1 Å². The van der Waals surface area contributed by atoms with Gasteiger partial charge >= 0.3 is 18.4 Å². The molecule has 21 heteroatoms. The van der Waals surface area contributed by atoms with Crippen molar-refractivity contribution in [2.45, 2.75) is 108 Å². The van der Waals surface area contributed by atoms with Crippen molar-refractivity contribution in [1.29, 1.82) is 0 Å². The van der Waals surface area contributed by atoms with Crippen molar-refractivity contribution >= 4 is 41.3 Å². The van der Waals surface area contributed by atoms with Gasteiger partial charge in [-0.05, 0) is 88.4 Å². The second-order valence-corrected chi connectivity index (χ2v) is 14.7. The standard InChI is InChI=1S/C38H46F5N7O9/c1-19-33(53)50-14-6-8-29(50)36(56)58-21(3)30(35(55)49-13-5-7-28(49)34(54)48(4)20(2)31(51)44-19)47-32(52)27(17-22-15-23(39)18-24(40)16-22)46-37(57)45-25-9-11-26(12-10-25)59-38(41,42)43/h9-12,15-16,18-21,27-31,44,51H,5-8,13-14,17H2,1-4H3,(H,47,52)(H2,45,46,57)/t19-,20-,21-,27-,28-,29?,30-,31?/m0/s1. The number of aliphatic hydroxyl groups is 1. The maximum atomic E-state index is 14.5. The molecule has 59 heavy (non-hydrogen) atoms. The van der Waals surface area contributed by atoms with Gasteiger partial charge in [0, 0.05) is 38.3 Å². The SMILES string of the molecule is C[C@@H]1NC(O)[C@H](C)N(C)C(=O)[C@@H]2CCCN2C(=O)[C@@H](NC(=O)[C@H](Cc2cc(F)cc(F)c2)NC(=O)Nc2ccc(OC(F)(F)F)cc2)[C@H](C)OC(=O)C2CCCN2C1=O. The molecule has 2 unspecified atom stereocenters. The summed E-state index contributed by atoms with van der Waals surface area (Å²) in [5.41, 5.74) is -0.137. The van der Waals surface area contributed by atoms with E-state index in [4.69, 9.17) is 4.74 Å². The lowest BCUT2D eigenvalue weighted by Crippen LogP contribution is -2.62. The number of amides is 6. The van der Waals surface area contributed by atoms with Crippen LogP contribution < -0.4 is 26.0 Å². The van der Waals surface area contributed by atoms with E-state index in [0.717, 1.165) is 36.4 Å². The number of aliphatic hydroxyl groups excluding tert-OH is 1. The number of rotatable bonds is 7. The van der Waals surface area contributed by atoms with E-state index in [-0.39, 0.29) is 37.2 Å². The first-order valence-corrected chi connectivity index (χ1v) is 18.9. The quantitative estimate of drug-likeness (QED) is 0.204. The molecule has 0 spiro atoms. The molecular formula is C38H46F5N7O9. The fourth-order valence-corrected chi connectivity index (χ4v) is 7.31. The highest BCUT2D eigenvalue weighted by molar-refractivity contribution is 5.97. The van der Waals surface area contributed by atoms with Gasteiger partial charge < -0.3 is 45.2 Å². The van der Waals surface area contributed by atoms with Crippen molar-refractivity contribution in [2.24, 2.45) is 0 Å². The number of nitrogens with zero attached hydrogens (tertiary/aromatic N) is 3. The van der Waals surface area contributed by atoms with Gasteiger partial charge in [-0.3, -0.25) is 24.5 Å². The molecule has 3 fully saturated rings. The third-order valence-corrected chi connectivity index (χ3v) is 10.5. The molecule has 2 aromatic carbocycles. The Morgan fingerprint density at radius 2 is 1.51 bits per heavy atom. The van der Waals surface area contributed by atoms with Crippen LogP contribution in [0.3, 0.4) is 0 Å². The van der Waals surface area contributed by atoms with Crippen molar-refractivity contribution in [3.8, 4) is 5.75 Å². The van der Waals surface area contributed by atoms with Crippen LogP contribution in [0, 0.1) is 11.6 Å². The maximum Gasteiger partial charge on any atom is 0.573 e. The first-order chi connectivity index (χ1) is 27.7. The van der Waals surface area contributed by atoms with Gasteiger partial charge in [-0.1, -0.05) is 0 Å². The van der Waals surface area contributed by atoms with Crippen molar-refractivity contribution in [1.82, 2.24) is 30.7 Å². The molecule has 3 saturated heterocycles. The molecule has 0 radical (unpaired) electrons. The highest BCUT2D eigenvalue weighted by Crippen LogP contribution is 2.26. The third-order valence-electron chi connectivity index (χ3n) is 10.5. The highest BCUT2D eigenvalue weighted by atomic mass is 19.4. The number of halogens is 5. The fraction of sp³-hybridized carbons (Fsp3) is 0.526. The summed E-state index contributed by atoms with van der Waals surface area (Å²) in [6.45, 7) is 4.59. The van der Waals surface area contributed by atoms with E-state index < -0.39 is 114 Å². The van der Waals surface area contributed by atoms with Crippen LogP contribution in [0.1, 0.15) is 52.0 Å². The predicted octanol–water partition coefficient (Wildman–Crippen LogP) is 2.15. The lowest BCUT2D eigenvalue weighted by atomic mass is 10.0. The maximum absolute atomic E-state index is 14.5. The molecule has 0 saturated carbocycles. The van der Waals surface area contributed by atoms with Crippen LogP contribution >= 0.6 is 0 Å². The number of fused-ring (bicyclic) bond motifs is 2. The normalized spacial score (nSPS) is 26.5. The van der Waals surface area contributed by atoms with Gasteiger partial charge in [0.2, 0.25) is 23.6 Å². The number of hydrogen-bond donors (Lipinski definition) is 5. The van der Waals surface area contributed by atoms with Gasteiger partial charge in [-0.2, -0.15) is 0 Å². The van der Waals surface area contributed by atoms with E-state index in [2.05, 4.69) is 26.0 Å². The second kappa shape index (κ2) is 18.6. The number of ether oxygens (including phenoxy) is 2. The van der Waals surface area contributed by atoms with E-state index in [1.807, 2.05) is 0 Å². The van der Waals surface area contributed by atoms with E-state index in [0.29, 0.717) is 18.9 Å². The van der Waals surface area contributed by atoms with Crippen LogP contribution in [0.5, 0.6) is 5.75 Å². The van der Waals surface area contributed by atoms with Crippen LogP contribution in [-0.2, 0) is 35.1 Å². The van der Waals surface area contributed by atoms with E-state index in [1.165, 1.54) is 35.6 Å². The van der Waals surface area contributed by atoms with Gasteiger partial charge in [0.1, 0.15) is 53.9 Å². The Labute approximate surface area is 335 Å². The molecule has 0 bridgehead atoms. The minimum atomic E-state index is -4.97. The lowest BCUT2D eigenvalue weighted by Gasteiger charge is -2.37. The highest BCUT2D eigenvalue weighted by Gasteiger charge is 2.45. The van der Waals surface area contributed by atoms with Gasteiger partial charge in [0.25, 0.3) is 0 Å². The Bertz CT molecular complexity index is 1890. The molecule has 5 rings (SSSR count). The van der Waals surface area contributed by atoms with Crippen molar-refractivity contribution in [3.05, 3.63) is 59.7 Å². The largest absolute Gasteiger partial charge is 0.573 e. The molecule has 322 valence electrons. The number of benzene rings is 2.